The van der Waals surface area contributed by atoms with E-state index in [9.17, 15) is 21.6 Å². The monoisotopic (exact) mass is 622 g/mol. The van der Waals surface area contributed by atoms with Gasteiger partial charge in [-0.2, -0.15) is 13.2 Å². The number of thiophene rings is 1. The number of nitrogens with one attached hydrogen (secondary N) is 2. The normalized spacial score (nSPS) is 18.3. The molecule has 0 spiro atoms. The second-order valence-corrected chi connectivity index (χ2v) is 13.4. The zero-order chi connectivity index (χ0) is 26.1. The van der Waals surface area contributed by atoms with Crippen molar-refractivity contribution in [2.24, 2.45) is 0 Å². The molecule has 13 heteroatoms. The highest BCUT2D eigenvalue weighted by atomic mass is 79.9. The van der Waals surface area contributed by atoms with Crippen molar-refractivity contribution in [1.82, 2.24) is 5.32 Å². The van der Waals surface area contributed by atoms with Crippen LogP contribution in [0.3, 0.4) is 0 Å². The van der Waals surface area contributed by atoms with Crippen molar-refractivity contribution in [2.75, 3.05) is 24.9 Å². The molecule has 1 aromatic heterocycles. The Kier molecular flexibility index (Phi) is 7.87. The minimum Gasteiger partial charge on any atom is -0.497 e. The molecule has 1 aliphatic heterocycles. The van der Waals surface area contributed by atoms with E-state index in [4.69, 9.17) is 9.47 Å². The van der Waals surface area contributed by atoms with E-state index in [-0.39, 0.29) is 9.90 Å². The molecule has 6 nitrogen and oxygen atoms in total. The van der Waals surface area contributed by atoms with Crippen LogP contribution < -0.4 is 19.5 Å². The van der Waals surface area contributed by atoms with E-state index in [0.29, 0.717) is 33.9 Å². The highest BCUT2D eigenvalue weighted by Crippen LogP contribution is 2.43. The Labute approximate surface area is 223 Å². The van der Waals surface area contributed by atoms with Crippen LogP contribution in [0.4, 0.5) is 18.9 Å². The Morgan fingerprint density at radius 3 is 2.64 bits per heavy atom. The van der Waals surface area contributed by atoms with Crippen molar-refractivity contribution in [3.05, 3.63) is 58.6 Å². The van der Waals surface area contributed by atoms with Gasteiger partial charge in [-0.05, 0) is 65.8 Å². The predicted octanol–water partition coefficient (Wildman–Crippen LogP) is 6.62. The van der Waals surface area contributed by atoms with Gasteiger partial charge in [0.25, 0.3) is 10.0 Å². The number of anilines is 1. The summed E-state index contributed by atoms with van der Waals surface area (Å²) in [4.78, 5) is 0.855. The number of ether oxygens (including phenoxy) is 2. The van der Waals surface area contributed by atoms with Gasteiger partial charge >= 0.3 is 6.18 Å². The summed E-state index contributed by atoms with van der Waals surface area (Å²) in [5, 5.41) is 3.07. The van der Waals surface area contributed by atoms with Gasteiger partial charge in [-0.25, -0.2) is 8.42 Å². The third kappa shape index (κ3) is 6.31. The fraction of sp³-hybridized carbons (Fsp3) is 0.304. The second-order valence-electron chi connectivity index (χ2n) is 8.27. The number of alkyl halides is 3. The van der Waals surface area contributed by atoms with Crippen LogP contribution in [-0.2, 0) is 16.2 Å². The highest BCUT2D eigenvalue weighted by molar-refractivity contribution is 9.10. The van der Waals surface area contributed by atoms with Crippen molar-refractivity contribution < 1.29 is 31.1 Å². The number of sulfonamides is 1. The lowest BCUT2D eigenvalue weighted by molar-refractivity contribution is -0.139. The van der Waals surface area contributed by atoms with Crippen molar-refractivity contribution in [1.29, 1.82) is 0 Å². The quantitative estimate of drug-likeness (QED) is 0.294. The molecule has 36 heavy (non-hydrogen) atoms. The minimum atomic E-state index is -4.65. The van der Waals surface area contributed by atoms with Gasteiger partial charge in [-0.3, -0.25) is 4.72 Å². The first kappa shape index (κ1) is 27.1. The van der Waals surface area contributed by atoms with Crippen molar-refractivity contribution in [3.63, 3.8) is 0 Å². The maximum atomic E-state index is 13.6. The molecule has 0 amide bonds. The van der Waals surface area contributed by atoms with Crippen LogP contribution in [-0.4, -0.2) is 34.2 Å². The number of hydrogen-bond acceptors (Lipinski definition) is 7. The first-order chi connectivity index (χ1) is 16.9. The SMILES string of the molecule is COc1cccc(Sc2sc(S(=O)(=O)Nc3ccc(C(F)(F)F)c(O[C@]4(C)CCNC4)c3)cc2Br)c1. The van der Waals surface area contributed by atoms with Gasteiger partial charge in [-0.1, -0.05) is 17.8 Å². The van der Waals surface area contributed by atoms with Crippen molar-refractivity contribution >= 4 is 54.7 Å². The van der Waals surface area contributed by atoms with E-state index in [2.05, 4.69) is 26.0 Å². The van der Waals surface area contributed by atoms with Crippen LogP contribution in [0, 0.1) is 0 Å². The van der Waals surface area contributed by atoms with Gasteiger partial charge in [0.1, 0.15) is 21.3 Å². The highest BCUT2D eigenvalue weighted by Gasteiger charge is 2.38. The fourth-order valence-electron chi connectivity index (χ4n) is 3.56. The van der Waals surface area contributed by atoms with Crippen LogP contribution in [0.5, 0.6) is 11.5 Å². The Hall–Kier alpha value is -1.93. The number of methoxy groups -OCH3 is 1. The largest absolute Gasteiger partial charge is 0.497 e. The van der Waals surface area contributed by atoms with Gasteiger partial charge in [0, 0.05) is 28.4 Å². The molecule has 1 aliphatic rings. The molecule has 0 saturated carbocycles. The average Bonchev–Trinajstić information content (AvgIpc) is 3.39. The molecule has 0 radical (unpaired) electrons. The third-order valence-corrected chi connectivity index (χ3v) is 10.7. The number of hydrogen-bond donors (Lipinski definition) is 2. The molecule has 4 rings (SSSR count). The molecule has 1 atom stereocenters. The van der Waals surface area contributed by atoms with Gasteiger partial charge in [0.05, 0.1) is 22.6 Å². The summed E-state index contributed by atoms with van der Waals surface area (Å²) in [7, 11) is -2.52. The Balaban J connectivity index is 1.59. The van der Waals surface area contributed by atoms with E-state index in [1.165, 1.54) is 17.8 Å². The van der Waals surface area contributed by atoms with Gasteiger partial charge in [-0.15, -0.1) is 11.3 Å². The van der Waals surface area contributed by atoms with E-state index >= 15 is 0 Å². The van der Waals surface area contributed by atoms with Crippen LogP contribution in [0.1, 0.15) is 18.9 Å². The third-order valence-electron chi connectivity index (χ3n) is 5.37. The molecular formula is C23H22BrF3N2O4S3. The number of rotatable bonds is 8. The van der Waals surface area contributed by atoms with Crippen LogP contribution >= 0.6 is 39.0 Å². The topological polar surface area (TPSA) is 76.7 Å². The maximum Gasteiger partial charge on any atom is 0.419 e. The van der Waals surface area contributed by atoms with E-state index in [1.807, 2.05) is 18.2 Å². The Morgan fingerprint density at radius 2 is 1.97 bits per heavy atom. The number of halogens is 4. The molecule has 1 saturated heterocycles. The molecule has 194 valence electrons. The lowest BCUT2D eigenvalue weighted by atomic mass is 10.1. The summed E-state index contributed by atoms with van der Waals surface area (Å²) < 4.78 is 81.7. The van der Waals surface area contributed by atoms with Crippen molar-refractivity contribution in [3.8, 4) is 11.5 Å². The molecule has 0 bridgehead atoms. The summed E-state index contributed by atoms with van der Waals surface area (Å²) in [6.07, 6.45) is -4.13. The molecule has 2 heterocycles. The molecule has 2 N–H and O–H groups in total. The van der Waals surface area contributed by atoms with Gasteiger partial charge in [0.2, 0.25) is 0 Å². The van der Waals surface area contributed by atoms with E-state index < -0.39 is 33.1 Å². The summed E-state index contributed by atoms with van der Waals surface area (Å²) in [6, 6.07) is 11.8. The van der Waals surface area contributed by atoms with Crippen molar-refractivity contribution in [2.45, 2.75) is 38.4 Å². The van der Waals surface area contributed by atoms with Crippen LogP contribution in [0.25, 0.3) is 0 Å². The molecule has 1 fully saturated rings. The minimum absolute atomic E-state index is 0.00842. The Morgan fingerprint density at radius 1 is 1.19 bits per heavy atom. The zero-order valence-electron chi connectivity index (χ0n) is 19.1. The average molecular weight is 624 g/mol. The lowest BCUT2D eigenvalue weighted by Gasteiger charge is -2.27. The summed E-state index contributed by atoms with van der Waals surface area (Å²) in [5.74, 6) is 0.250. The maximum absolute atomic E-state index is 13.6. The fourth-order valence-corrected chi connectivity index (χ4v) is 8.30. The molecule has 2 aromatic carbocycles. The van der Waals surface area contributed by atoms with E-state index in [0.717, 1.165) is 34.4 Å². The Bertz CT molecular complexity index is 1360. The van der Waals surface area contributed by atoms with Crippen LogP contribution in [0.2, 0.25) is 0 Å². The standard InChI is InChI=1S/C23H22BrF3N2O4S3/c1-22(8-9-28-13-22)33-19-10-14(6-7-17(19)23(25,26)27)29-36(30,31)20-12-18(24)21(35-20)34-16-5-3-4-15(11-16)32-2/h3-7,10-12,28-29H,8-9,13H2,1-2H3/t22-/m1/s1. The van der Waals surface area contributed by atoms with Crippen LogP contribution in [0.15, 0.2) is 66.3 Å². The summed E-state index contributed by atoms with van der Waals surface area (Å²) in [6.45, 7) is 2.72. The van der Waals surface area contributed by atoms with E-state index in [1.54, 1.807) is 20.1 Å². The second kappa shape index (κ2) is 10.4. The number of benzene rings is 2. The first-order valence-corrected chi connectivity index (χ1v) is 14.5. The van der Waals surface area contributed by atoms with Gasteiger partial charge < -0.3 is 14.8 Å². The van der Waals surface area contributed by atoms with Gasteiger partial charge in [0.15, 0.2) is 0 Å². The molecular weight excluding hydrogens is 601 g/mol. The summed E-state index contributed by atoms with van der Waals surface area (Å²) in [5.41, 5.74) is -1.82. The predicted molar refractivity (Wildman–Crippen MR) is 138 cm³/mol. The smallest absolute Gasteiger partial charge is 0.419 e. The zero-order valence-corrected chi connectivity index (χ0v) is 23.1. The lowest BCUT2D eigenvalue weighted by Crippen LogP contribution is -2.35. The summed E-state index contributed by atoms with van der Waals surface area (Å²) >= 11 is 5.80. The first-order valence-electron chi connectivity index (χ1n) is 10.6. The molecule has 3 aromatic rings. The molecule has 0 unspecified atom stereocenters. The molecule has 0 aliphatic carbocycles.